The topological polar surface area (TPSA) is 61.9 Å². The number of phenolic OH excluding ortho intramolecular Hbond substituents is 1. The van der Waals surface area contributed by atoms with E-state index < -0.39 is 11.2 Å². The van der Waals surface area contributed by atoms with Gasteiger partial charge in [0.2, 0.25) is 0 Å². The molecule has 0 aromatic heterocycles. The Labute approximate surface area is 189 Å². The number of aliphatic hydroxyl groups is 1. The van der Waals surface area contributed by atoms with E-state index in [2.05, 4.69) is 17.9 Å². The summed E-state index contributed by atoms with van der Waals surface area (Å²) in [6, 6.07) is 4.62. The number of hydrogen-bond donors (Lipinski definition) is 2. The molecule has 2 N–H and O–H groups in total. The smallest absolute Gasteiger partial charge is 0.165 e. The maximum atomic E-state index is 11.8. The van der Waals surface area contributed by atoms with E-state index in [0.29, 0.717) is 17.9 Å². The van der Waals surface area contributed by atoms with Crippen molar-refractivity contribution in [3.63, 3.8) is 0 Å². The van der Waals surface area contributed by atoms with Crippen molar-refractivity contribution >= 4 is 0 Å². The van der Waals surface area contributed by atoms with Crippen molar-refractivity contribution in [3.05, 3.63) is 23.3 Å². The Morgan fingerprint density at radius 2 is 2.03 bits per heavy atom. The summed E-state index contributed by atoms with van der Waals surface area (Å²) in [4.78, 5) is 2.86. The summed E-state index contributed by atoms with van der Waals surface area (Å²) < 4.78 is 13.4. The molecule has 2 heterocycles. The zero-order chi connectivity index (χ0) is 21.8. The molecule has 5 saturated carbocycles. The van der Waals surface area contributed by atoms with Gasteiger partial charge in [0.05, 0.1) is 11.1 Å². The van der Waals surface area contributed by atoms with E-state index in [-0.39, 0.29) is 33.6 Å². The summed E-state index contributed by atoms with van der Waals surface area (Å²) in [5, 5.41) is 22.7. The van der Waals surface area contributed by atoms with Gasteiger partial charge in [-0.1, -0.05) is 13.0 Å². The summed E-state index contributed by atoms with van der Waals surface area (Å²) >= 11 is 0. The van der Waals surface area contributed by atoms with E-state index >= 15 is 0 Å². The first-order valence-corrected chi connectivity index (χ1v) is 12.8. The fourth-order valence-corrected chi connectivity index (χ4v) is 11.9. The van der Waals surface area contributed by atoms with Crippen LogP contribution in [-0.2, 0) is 15.7 Å². The third-order valence-corrected chi connectivity index (χ3v) is 12.7. The molecule has 6 aliphatic carbocycles. The quantitative estimate of drug-likeness (QED) is 0.711. The molecule has 2 aliphatic heterocycles. The summed E-state index contributed by atoms with van der Waals surface area (Å²) in [6.07, 6.45) is 5.70. The highest BCUT2D eigenvalue weighted by atomic mass is 16.6. The van der Waals surface area contributed by atoms with Gasteiger partial charge >= 0.3 is 0 Å². The minimum absolute atomic E-state index is 0.0851. The summed E-state index contributed by atoms with van der Waals surface area (Å²) in [7, 11) is 1.84. The van der Waals surface area contributed by atoms with Gasteiger partial charge in [0.1, 0.15) is 11.7 Å². The second-order valence-electron chi connectivity index (χ2n) is 13.3. The summed E-state index contributed by atoms with van der Waals surface area (Å²) in [5.74, 6) is 2.82. The standard InChI is InChI=1S/C27H33NO4/c1-13-16-9-27(31-4)21-24-11-25(15-7-8-17(29)19(32-21)18(15)24)20(28(25)10-14-5-6-14)23(13,24)12-26(16,27)22(2,3)30/h7-8,13-14,16,20-21,29-30H,5-6,9-12H2,1-4H3/t13-,16-,20?,21?,23-,24-,25?,26+,27-,28?/m0/s1. The van der Waals surface area contributed by atoms with E-state index in [1.54, 1.807) is 0 Å². The Bertz CT molecular complexity index is 1160. The lowest BCUT2D eigenvalue weighted by atomic mass is 9.38. The number of aromatic hydroxyl groups is 1. The lowest BCUT2D eigenvalue weighted by molar-refractivity contribution is -0.332. The Balaban J connectivity index is 1.38. The molecule has 1 aromatic rings. The monoisotopic (exact) mass is 435 g/mol. The second-order valence-corrected chi connectivity index (χ2v) is 13.3. The molecule has 170 valence electrons. The fourth-order valence-electron chi connectivity index (χ4n) is 11.9. The van der Waals surface area contributed by atoms with Crippen LogP contribution in [0, 0.1) is 28.6 Å². The molecule has 1 saturated heterocycles. The number of likely N-dealkylation sites (tertiary alicyclic amines) is 1. The van der Waals surface area contributed by atoms with Gasteiger partial charge in [-0.3, -0.25) is 4.90 Å². The van der Waals surface area contributed by atoms with Crippen molar-refractivity contribution in [1.82, 2.24) is 4.90 Å². The molecule has 9 rings (SSSR count). The van der Waals surface area contributed by atoms with E-state index in [1.165, 1.54) is 30.5 Å². The molecule has 5 nitrogen and oxygen atoms in total. The number of ether oxygens (including phenoxy) is 2. The average Bonchev–Trinajstić information content (AvgIpc) is 3.54. The lowest BCUT2D eigenvalue weighted by Gasteiger charge is -2.71. The Morgan fingerprint density at radius 3 is 2.72 bits per heavy atom. The van der Waals surface area contributed by atoms with Gasteiger partial charge in [0, 0.05) is 41.5 Å². The lowest BCUT2D eigenvalue weighted by Crippen LogP contribution is -2.80. The van der Waals surface area contributed by atoms with Crippen molar-refractivity contribution in [2.24, 2.45) is 28.6 Å². The van der Waals surface area contributed by atoms with Crippen molar-refractivity contribution in [1.29, 1.82) is 0 Å². The molecule has 8 aliphatic rings. The number of nitrogens with zero attached hydrogens (tertiary/aromatic N) is 1. The van der Waals surface area contributed by atoms with Crippen molar-refractivity contribution in [2.75, 3.05) is 13.7 Å². The minimum Gasteiger partial charge on any atom is -0.504 e. The second kappa shape index (κ2) is 4.38. The fraction of sp³-hybridized carbons (Fsp3) is 0.778. The molecule has 6 fully saturated rings. The molecule has 3 spiro atoms. The molecule has 0 amide bonds. The average molecular weight is 436 g/mol. The van der Waals surface area contributed by atoms with Crippen LogP contribution >= 0.6 is 0 Å². The van der Waals surface area contributed by atoms with Gasteiger partial charge in [-0.25, -0.2) is 0 Å². The van der Waals surface area contributed by atoms with Crippen molar-refractivity contribution in [3.8, 4) is 11.5 Å². The molecule has 4 bridgehead atoms. The van der Waals surface area contributed by atoms with Crippen LogP contribution in [0.4, 0.5) is 0 Å². The van der Waals surface area contributed by atoms with Crippen molar-refractivity contribution < 1.29 is 19.7 Å². The number of piperidine rings is 1. The molecule has 0 radical (unpaired) electrons. The molecular formula is C27H33NO4. The van der Waals surface area contributed by atoms with Crippen LogP contribution < -0.4 is 4.74 Å². The maximum absolute atomic E-state index is 11.8. The normalized spacial score (nSPS) is 58.3. The molecule has 32 heavy (non-hydrogen) atoms. The van der Waals surface area contributed by atoms with Gasteiger partial charge in [-0.2, -0.15) is 0 Å². The third-order valence-electron chi connectivity index (χ3n) is 12.7. The van der Waals surface area contributed by atoms with Crippen LogP contribution in [0.5, 0.6) is 11.5 Å². The molecule has 10 atom stereocenters. The zero-order valence-electron chi connectivity index (χ0n) is 19.4. The Hall–Kier alpha value is -1.30. The van der Waals surface area contributed by atoms with Gasteiger partial charge in [-0.05, 0) is 75.3 Å². The molecule has 4 unspecified atom stereocenters. The van der Waals surface area contributed by atoms with Crippen molar-refractivity contribution in [2.45, 2.75) is 87.2 Å². The number of hydrogen-bond acceptors (Lipinski definition) is 5. The van der Waals surface area contributed by atoms with Crippen LogP contribution in [0.25, 0.3) is 0 Å². The first-order valence-electron chi connectivity index (χ1n) is 12.8. The first-order chi connectivity index (χ1) is 15.2. The van der Waals surface area contributed by atoms with Gasteiger partial charge in [0.15, 0.2) is 11.5 Å². The number of benzene rings is 1. The summed E-state index contributed by atoms with van der Waals surface area (Å²) in [5.41, 5.74) is 1.19. The van der Waals surface area contributed by atoms with E-state index in [9.17, 15) is 10.2 Å². The number of methoxy groups -OCH3 is 1. The van der Waals surface area contributed by atoms with E-state index in [0.717, 1.165) is 30.9 Å². The summed E-state index contributed by atoms with van der Waals surface area (Å²) in [6.45, 7) is 7.72. The van der Waals surface area contributed by atoms with Gasteiger partial charge in [-0.15, -0.1) is 0 Å². The van der Waals surface area contributed by atoms with Gasteiger partial charge in [0.25, 0.3) is 0 Å². The zero-order valence-corrected chi connectivity index (χ0v) is 19.4. The third kappa shape index (κ3) is 1.23. The largest absolute Gasteiger partial charge is 0.504 e. The maximum Gasteiger partial charge on any atom is 0.165 e. The first kappa shape index (κ1) is 18.1. The Kier molecular flexibility index (Phi) is 2.48. The highest BCUT2D eigenvalue weighted by molar-refractivity contribution is 5.73. The predicted molar refractivity (Wildman–Crippen MR) is 117 cm³/mol. The molecule has 5 heteroatoms. The minimum atomic E-state index is -0.848. The highest BCUT2D eigenvalue weighted by Crippen LogP contribution is 2.96. The molecule has 1 aromatic carbocycles. The van der Waals surface area contributed by atoms with Crippen LogP contribution in [0.1, 0.15) is 64.0 Å². The van der Waals surface area contributed by atoms with Crippen LogP contribution in [0.15, 0.2) is 12.1 Å². The van der Waals surface area contributed by atoms with Crippen LogP contribution in [-0.4, -0.2) is 52.1 Å². The van der Waals surface area contributed by atoms with Gasteiger partial charge < -0.3 is 19.7 Å². The number of rotatable bonds is 4. The van der Waals surface area contributed by atoms with E-state index in [1.807, 2.05) is 27.0 Å². The van der Waals surface area contributed by atoms with Crippen LogP contribution in [0.2, 0.25) is 0 Å². The molecular weight excluding hydrogens is 402 g/mol. The van der Waals surface area contributed by atoms with Crippen LogP contribution in [0.3, 0.4) is 0 Å². The van der Waals surface area contributed by atoms with E-state index in [4.69, 9.17) is 9.47 Å². The Morgan fingerprint density at radius 1 is 1.25 bits per heavy atom. The predicted octanol–water partition coefficient (Wildman–Crippen LogP) is 3.30. The number of fused-ring (bicyclic) bond motifs is 1. The number of phenols is 1. The SMILES string of the molecule is CO[C@]12C[C@H]3[C@H](C)[C@@]4(C[C@]31C(C)(C)O)C1N(CC3CC3)C13C[C@@]41c4c3ccc(O)c4OC21. The highest BCUT2D eigenvalue weighted by Gasteiger charge is 3.01.